The summed E-state index contributed by atoms with van der Waals surface area (Å²) < 4.78 is 6.01. The molecule has 0 aliphatic heterocycles. The average molecular weight is 286 g/mol. The highest BCUT2D eigenvalue weighted by Crippen LogP contribution is 2.17. The van der Waals surface area contributed by atoms with Crippen LogP contribution in [0, 0.1) is 0 Å². The van der Waals surface area contributed by atoms with Gasteiger partial charge in [0.15, 0.2) is 0 Å². The molecule has 0 spiro atoms. The van der Waals surface area contributed by atoms with Crippen molar-refractivity contribution >= 4 is 22.0 Å². The molecule has 4 heteroatoms. The largest absolute Gasteiger partial charge is 0.447 e. The number of nitrogens with one attached hydrogen (secondary N) is 1. The molecule has 1 aromatic carbocycles. The molecule has 88 valence electrons. The van der Waals surface area contributed by atoms with E-state index in [9.17, 15) is 4.79 Å². The molecule has 0 aromatic heterocycles. The standard InChI is InChI=1S/C12H16BrNO2/c1-8(2)16-12(15)14-9(3)10-5-4-6-11(13)7-10/h4-9H,1-3H3,(H,14,15). The first-order chi connectivity index (χ1) is 7.49. The topological polar surface area (TPSA) is 38.3 Å². The zero-order chi connectivity index (χ0) is 12.1. The van der Waals surface area contributed by atoms with Crippen molar-refractivity contribution in [2.24, 2.45) is 0 Å². The van der Waals surface area contributed by atoms with Crippen LogP contribution in [-0.4, -0.2) is 12.2 Å². The number of carbonyl (C=O) groups is 1. The first-order valence-electron chi connectivity index (χ1n) is 5.21. The number of hydrogen-bond donors (Lipinski definition) is 1. The first kappa shape index (κ1) is 13.0. The van der Waals surface area contributed by atoms with E-state index in [4.69, 9.17) is 4.74 Å². The molecule has 1 unspecified atom stereocenters. The lowest BCUT2D eigenvalue weighted by Gasteiger charge is -2.16. The van der Waals surface area contributed by atoms with Gasteiger partial charge in [0, 0.05) is 4.47 Å². The molecule has 0 saturated carbocycles. The quantitative estimate of drug-likeness (QED) is 0.921. The van der Waals surface area contributed by atoms with Crippen LogP contribution in [-0.2, 0) is 4.74 Å². The second kappa shape index (κ2) is 5.89. The predicted molar refractivity (Wildman–Crippen MR) is 67.3 cm³/mol. The summed E-state index contributed by atoms with van der Waals surface area (Å²) in [5, 5.41) is 2.77. The zero-order valence-electron chi connectivity index (χ0n) is 9.66. The average Bonchev–Trinajstić information content (AvgIpc) is 2.16. The van der Waals surface area contributed by atoms with Crippen LogP contribution in [0.15, 0.2) is 28.7 Å². The minimum Gasteiger partial charge on any atom is -0.447 e. The summed E-state index contributed by atoms with van der Waals surface area (Å²) in [7, 11) is 0. The van der Waals surface area contributed by atoms with Crippen molar-refractivity contribution in [1.29, 1.82) is 0 Å². The van der Waals surface area contributed by atoms with Gasteiger partial charge >= 0.3 is 6.09 Å². The van der Waals surface area contributed by atoms with Crippen molar-refractivity contribution < 1.29 is 9.53 Å². The lowest BCUT2D eigenvalue weighted by molar-refractivity contribution is 0.113. The van der Waals surface area contributed by atoms with Gasteiger partial charge in [-0.1, -0.05) is 28.1 Å². The van der Waals surface area contributed by atoms with Crippen LogP contribution < -0.4 is 5.32 Å². The zero-order valence-corrected chi connectivity index (χ0v) is 11.2. The molecule has 3 nitrogen and oxygen atoms in total. The Balaban J connectivity index is 2.58. The third-order valence-corrected chi connectivity index (χ3v) is 2.52. The fourth-order valence-electron chi connectivity index (χ4n) is 1.28. The number of benzene rings is 1. The molecule has 1 aromatic rings. The number of hydrogen-bond acceptors (Lipinski definition) is 2. The summed E-state index contributed by atoms with van der Waals surface area (Å²) in [6.07, 6.45) is -0.489. The second-order valence-corrected chi connectivity index (χ2v) is 4.79. The fourth-order valence-corrected chi connectivity index (χ4v) is 1.70. The Morgan fingerprint density at radius 2 is 2.06 bits per heavy atom. The van der Waals surface area contributed by atoms with Gasteiger partial charge < -0.3 is 10.1 Å². The van der Waals surface area contributed by atoms with Crippen LogP contribution >= 0.6 is 15.9 Å². The van der Waals surface area contributed by atoms with Crippen molar-refractivity contribution in [2.45, 2.75) is 32.9 Å². The van der Waals surface area contributed by atoms with Crippen molar-refractivity contribution in [3.05, 3.63) is 34.3 Å². The molecule has 16 heavy (non-hydrogen) atoms. The maximum atomic E-state index is 11.4. The van der Waals surface area contributed by atoms with Crippen molar-refractivity contribution in [3.8, 4) is 0 Å². The van der Waals surface area contributed by atoms with E-state index in [0.717, 1.165) is 10.0 Å². The summed E-state index contributed by atoms with van der Waals surface area (Å²) in [4.78, 5) is 11.4. The summed E-state index contributed by atoms with van der Waals surface area (Å²) in [5.74, 6) is 0. The minimum absolute atomic E-state index is 0.0660. The van der Waals surface area contributed by atoms with Gasteiger partial charge in [0.05, 0.1) is 12.1 Å². The highest BCUT2D eigenvalue weighted by Gasteiger charge is 2.11. The third-order valence-electron chi connectivity index (χ3n) is 2.03. The molecule has 1 amide bonds. The third kappa shape index (κ3) is 4.23. The molecule has 0 aliphatic rings. The molecule has 0 fully saturated rings. The second-order valence-electron chi connectivity index (χ2n) is 3.88. The smallest absolute Gasteiger partial charge is 0.407 e. The molecule has 0 bridgehead atoms. The maximum Gasteiger partial charge on any atom is 0.407 e. The summed E-state index contributed by atoms with van der Waals surface area (Å²) in [6.45, 7) is 5.57. The Labute approximate surface area is 104 Å². The molecular formula is C12H16BrNO2. The van der Waals surface area contributed by atoms with Crippen LogP contribution in [0.4, 0.5) is 4.79 Å². The number of amides is 1. The lowest BCUT2D eigenvalue weighted by Crippen LogP contribution is -2.29. The Hall–Kier alpha value is -1.03. The predicted octanol–water partition coefficient (Wildman–Crippen LogP) is 3.64. The lowest BCUT2D eigenvalue weighted by atomic mass is 10.1. The molecule has 1 atom stereocenters. The Kier molecular flexibility index (Phi) is 4.80. The summed E-state index contributed by atoms with van der Waals surface area (Å²) >= 11 is 3.39. The van der Waals surface area contributed by atoms with Gasteiger partial charge in [0.25, 0.3) is 0 Å². The van der Waals surface area contributed by atoms with E-state index in [0.29, 0.717) is 0 Å². The number of rotatable bonds is 3. The number of carbonyl (C=O) groups excluding carboxylic acids is 1. The van der Waals surface area contributed by atoms with Gasteiger partial charge in [-0.2, -0.15) is 0 Å². The van der Waals surface area contributed by atoms with E-state index < -0.39 is 0 Å². The van der Waals surface area contributed by atoms with Crippen molar-refractivity contribution in [1.82, 2.24) is 5.32 Å². The molecule has 0 heterocycles. The van der Waals surface area contributed by atoms with E-state index in [-0.39, 0.29) is 18.2 Å². The molecule has 0 aliphatic carbocycles. The van der Waals surface area contributed by atoms with Crippen molar-refractivity contribution in [3.63, 3.8) is 0 Å². The van der Waals surface area contributed by atoms with Gasteiger partial charge in [0.1, 0.15) is 0 Å². The Bertz CT molecular complexity index is 366. The Morgan fingerprint density at radius 1 is 1.38 bits per heavy atom. The van der Waals surface area contributed by atoms with Crippen LogP contribution in [0.1, 0.15) is 32.4 Å². The molecule has 1 rings (SSSR count). The van der Waals surface area contributed by atoms with Crippen molar-refractivity contribution in [2.75, 3.05) is 0 Å². The van der Waals surface area contributed by atoms with E-state index in [1.165, 1.54) is 0 Å². The summed E-state index contributed by atoms with van der Waals surface area (Å²) in [5.41, 5.74) is 1.04. The highest BCUT2D eigenvalue weighted by molar-refractivity contribution is 9.10. The van der Waals surface area contributed by atoms with Gasteiger partial charge in [-0.15, -0.1) is 0 Å². The van der Waals surface area contributed by atoms with Gasteiger partial charge in [0.2, 0.25) is 0 Å². The first-order valence-corrected chi connectivity index (χ1v) is 6.01. The van der Waals surface area contributed by atoms with Crippen LogP contribution in [0.3, 0.4) is 0 Å². The molecule has 1 N–H and O–H groups in total. The SMILES string of the molecule is CC(C)OC(=O)NC(C)c1cccc(Br)c1. The van der Waals surface area contributed by atoms with Gasteiger partial charge in [-0.3, -0.25) is 0 Å². The number of ether oxygens (including phenoxy) is 1. The normalized spacial score (nSPS) is 12.3. The van der Waals surface area contributed by atoms with E-state index >= 15 is 0 Å². The van der Waals surface area contributed by atoms with Gasteiger partial charge in [-0.05, 0) is 38.5 Å². The number of alkyl carbamates (subject to hydrolysis) is 1. The van der Waals surface area contributed by atoms with E-state index in [1.807, 2.05) is 45.0 Å². The van der Waals surface area contributed by atoms with E-state index in [1.54, 1.807) is 0 Å². The summed E-state index contributed by atoms with van der Waals surface area (Å²) in [6, 6.07) is 7.75. The van der Waals surface area contributed by atoms with Crippen LogP contribution in [0.25, 0.3) is 0 Å². The molecule has 0 saturated heterocycles. The Morgan fingerprint density at radius 3 is 2.62 bits per heavy atom. The highest BCUT2D eigenvalue weighted by atomic mass is 79.9. The fraction of sp³-hybridized carbons (Fsp3) is 0.417. The van der Waals surface area contributed by atoms with E-state index in [2.05, 4.69) is 21.2 Å². The van der Waals surface area contributed by atoms with Gasteiger partial charge in [-0.25, -0.2) is 4.79 Å². The van der Waals surface area contributed by atoms with Crippen LogP contribution in [0.2, 0.25) is 0 Å². The van der Waals surface area contributed by atoms with Crippen LogP contribution in [0.5, 0.6) is 0 Å². The monoisotopic (exact) mass is 285 g/mol. The molecular weight excluding hydrogens is 270 g/mol. The molecule has 0 radical (unpaired) electrons. The maximum absolute atomic E-state index is 11.4. The minimum atomic E-state index is -0.387. The number of halogens is 1.